The second-order valence-electron chi connectivity index (χ2n) is 5.51. The zero-order valence-corrected chi connectivity index (χ0v) is 12.6. The van der Waals surface area contributed by atoms with Crippen molar-refractivity contribution in [2.75, 3.05) is 0 Å². The maximum Gasteiger partial charge on any atom is 0.127 e. The van der Waals surface area contributed by atoms with Crippen LogP contribution in [0.5, 0.6) is 11.5 Å². The number of ether oxygens (including phenoxy) is 1. The van der Waals surface area contributed by atoms with Crippen LogP contribution in [0.2, 0.25) is 0 Å². The Morgan fingerprint density at radius 2 is 1.76 bits per heavy atom. The van der Waals surface area contributed by atoms with Crippen molar-refractivity contribution >= 4 is 0 Å². The van der Waals surface area contributed by atoms with Gasteiger partial charge in [0.25, 0.3) is 0 Å². The number of hydrogen-bond acceptors (Lipinski definition) is 1. The zero-order valence-electron chi connectivity index (χ0n) is 12.6. The highest BCUT2D eigenvalue weighted by Crippen LogP contribution is 2.22. The SMILES string of the molecule is CC(C)CC=CCc1cccc(Oc2ccc(F)cc2)c1. The van der Waals surface area contributed by atoms with Gasteiger partial charge in [0.2, 0.25) is 0 Å². The first-order valence-electron chi connectivity index (χ1n) is 7.31. The lowest BCUT2D eigenvalue weighted by Crippen LogP contribution is -1.87. The molecule has 2 aromatic carbocycles. The van der Waals surface area contributed by atoms with Crippen molar-refractivity contribution in [3.63, 3.8) is 0 Å². The molecular formula is C19H21FO. The molecule has 21 heavy (non-hydrogen) atoms. The molecule has 0 aliphatic heterocycles. The maximum absolute atomic E-state index is 12.9. The molecule has 1 nitrogen and oxygen atoms in total. The van der Waals surface area contributed by atoms with Gasteiger partial charge in [-0.2, -0.15) is 0 Å². The number of benzene rings is 2. The lowest BCUT2D eigenvalue weighted by atomic mass is 10.1. The zero-order chi connectivity index (χ0) is 15.1. The van der Waals surface area contributed by atoms with Gasteiger partial charge in [0.05, 0.1) is 0 Å². The summed E-state index contributed by atoms with van der Waals surface area (Å²) in [5.41, 5.74) is 1.20. The summed E-state index contributed by atoms with van der Waals surface area (Å²) in [5, 5.41) is 0. The minimum absolute atomic E-state index is 0.258. The van der Waals surface area contributed by atoms with Crippen LogP contribution in [0.1, 0.15) is 25.8 Å². The predicted molar refractivity (Wildman–Crippen MR) is 85.2 cm³/mol. The van der Waals surface area contributed by atoms with E-state index in [2.05, 4.69) is 32.1 Å². The second kappa shape index (κ2) is 7.63. The molecule has 0 bridgehead atoms. The Morgan fingerprint density at radius 3 is 2.48 bits per heavy atom. The maximum atomic E-state index is 12.9. The number of rotatable bonds is 6. The molecule has 0 N–H and O–H groups in total. The van der Waals surface area contributed by atoms with Gasteiger partial charge in [0.1, 0.15) is 17.3 Å². The van der Waals surface area contributed by atoms with Crippen LogP contribution < -0.4 is 4.74 Å². The lowest BCUT2D eigenvalue weighted by molar-refractivity contribution is 0.480. The minimum Gasteiger partial charge on any atom is -0.457 e. The van der Waals surface area contributed by atoms with E-state index in [1.54, 1.807) is 12.1 Å². The van der Waals surface area contributed by atoms with Gasteiger partial charge in [-0.15, -0.1) is 0 Å². The van der Waals surface area contributed by atoms with Gasteiger partial charge < -0.3 is 4.74 Å². The van der Waals surface area contributed by atoms with Crippen molar-refractivity contribution in [2.24, 2.45) is 5.92 Å². The highest BCUT2D eigenvalue weighted by atomic mass is 19.1. The third kappa shape index (κ3) is 5.42. The molecule has 2 heteroatoms. The molecule has 0 aliphatic rings. The van der Waals surface area contributed by atoms with E-state index >= 15 is 0 Å². The normalized spacial score (nSPS) is 11.2. The molecule has 0 unspecified atom stereocenters. The standard InChI is InChI=1S/C19H21FO/c1-15(2)6-3-4-7-16-8-5-9-19(14-16)21-18-12-10-17(20)11-13-18/h3-5,8-15H,6-7H2,1-2H3. The van der Waals surface area contributed by atoms with E-state index in [-0.39, 0.29) is 5.82 Å². The van der Waals surface area contributed by atoms with Crippen molar-refractivity contribution in [2.45, 2.75) is 26.7 Å². The van der Waals surface area contributed by atoms with E-state index < -0.39 is 0 Å². The second-order valence-corrected chi connectivity index (χ2v) is 5.51. The molecule has 0 aromatic heterocycles. The van der Waals surface area contributed by atoms with Crippen molar-refractivity contribution in [3.8, 4) is 11.5 Å². The Balaban J connectivity index is 1.97. The third-order valence-corrected chi connectivity index (χ3v) is 3.08. The van der Waals surface area contributed by atoms with Gasteiger partial charge in [-0.25, -0.2) is 4.39 Å². The summed E-state index contributed by atoms with van der Waals surface area (Å²) in [6.45, 7) is 4.42. The molecule has 0 atom stereocenters. The molecule has 0 saturated heterocycles. The fourth-order valence-electron chi connectivity index (χ4n) is 1.96. The summed E-state index contributed by atoms with van der Waals surface area (Å²) < 4.78 is 18.6. The highest BCUT2D eigenvalue weighted by molar-refractivity contribution is 5.34. The molecule has 110 valence electrons. The number of hydrogen-bond donors (Lipinski definition) is 0. The van der Waals surface area contributed by atoms with Crippen LogP contribution in [0.15, 0.2) is 60.7 Å². The summed E-state index contributed by atoms with van der Waals surface area (Å²) >= 11 is 0. The molecule has 0 amide bonds. The van der Waals surface area contributed by atoms with E-state index in [1.165, 1.54) is 17.7 Å². The lowest BCUT2D eigenvalue weighted by Gasteiger charge is -2.07. The summed E-state index contributed by atoms with van der Waals surface area (Å²) in [6.07, 6.45) is 6.41. The van der Waals surface area contributed by atoms with E-state index in [4.69, 9.17) is 4.74 Å². The van der Waals surface area contributed by atoms with Crippen molar-refractivity contribution in [1.29, 1.82) is 0 Å². The van der Waals surface area contributed by atoms with Crippen LogP contribution in [0, 0.1) is 11.7 Å². The molecule has 0 heterocycles. The third-order valence-electron chi connectivity index (χ3n) is 3.08. The van der Waals surface area contributed by atoms with E-state index in [0.717, 1.165) is 18.6 Å². The topological polar surface area (TPSA) is 9.23 Å². The molecule has 0 spiro atoms. The molecule has 0 aliphatic carbocycles. The largest absolute Gasteiger partial charge is 0.457 e. The van der Waals surface area contributed by atoms with Crippen LogP contribution in [0.25, 0.3) is 0 Å². The summed E-state index contributed by atoms with van der Waals surface area (Å²) in [4.78, 5) is 0. The van der Waals surface area contributed by atoms with Crippen molar-refractivity contribution in [1.82, 2.24) is 0 Å². The van der Waals surface area contributed by atoms with E-state index in [0.29, 0.717) is 11.7 Å². The molecule has 2 rings (SSSR count). The van der Waals surface area contributed by atoms with Crippen LogP contribution >= 0.6 is 0 Å². The first-order chi connectivity index (χ1) is 10.1. The fourth-order valence-corrected chi connectivity index (χ4v) is 1.96. The van der Waals surface area contributed by atoms with Gasteiger partial charge in [-0.1, -0.05) is 38.1 Å². The van der Waals surface area contributed by atoms with E-state index in [1.807, 2.05) is 18.2 Å². The summed E-state index contributed by atoms with van der Waals surface area (Å²) in [7, 11) is 0. The van der Waals surface area contributed by atoms with Crippen molar-refractivity contribution < 1.29 is 9.13 Å². The first-order valence-corrected chi connectivity index (χ1v) is 7.31. The summed E-state index contributed by atoms with van der Waals surface area (Å²) in [5.74, 6) is 1.85. The average Bonchev–Trinajstić information content (AvgIpc) is 2.46. The van der Waals surface area contributed by atoms with Crippen molar-refractivity contribution in [3.05, 3.63) is 72.1 Å². The molecular weight excluding hydrogens is 263 g/mol. The Kier molecular flexibility index (Phi) is 5.56. The quantitative estimate of drug-likeness (QED) is 0.612. The number of halogens is 1. The van der Waals surface area contributed by atoms with Crippen LogP contribution in [0.3, 0.4) is 0 Å². The van der Waals surface area contributed by atoms with Crippen LogP contribution in [0.4, 0.5) is 4.39 Å². The van der Waals surface area contributed by atoms with E-state index in [9.17, 15) is 4.39 Å². The Morgan fingerprint density at radius 1 is 1.00 bits per heavy atom. The molecule has 0 saturated carbocycles. The molecule has 0 fully saturated rings. The van der Waals surface area contributed by atoms with Crippen LogP contribution in [-0.2, 0) is 6.42 Å². The van der Waals surface area contributed by atoms with Gasteiger partial charge >= 0.3 is 0 Å². The minimum atomic E-state index is -0.258. The average molecular weight is 284 g/mol. The number of allylic oxidation sites excluding steroid dienone is 2. The van der Waals surface area contributed by atoms with Crippen LogP contribution in [-0.4, -0.2) is 0 Å². The molecule has 2 aromatic rings. The van der Waals surface area contributed by atoms with Gasteiger partial charge in [0, 0.05) is 0 Å². The van der Waals surface area contributed by atoms with Gasteiger partial charge in [-0.05, 0) is 60.7 Å². The first kappa shape index (κ1) is 15.3. The smallest absolute Gasteiger partial charge is 0.127 e. The monoisotopic (exact) mass is 284 g/mol. The summed E-state index contributed by atoms with van der Waals surface area (Å²) in [6, 6.07) is 14.0. The predicted octanol–water partition coefficient (Wildman–Crippen LogP) is 5.76. The van der Waals surface area contributed by atoms with Gasteiger partial charge in [0.15, 0.2) is 0 Å². The molecule has 0 radical (unpaired) electrons. The Hall–Kier alpha value is -2.09. The van der Waals surface area contributed by atoms with Gasteiger partial charge in [-0.3, -0.25) is 0 Å². The highest BCUT2D eigenvalue weighted by Gasteiger charge is 1.99. The fraction of sp³-hybridized carbons (Fsp3) is 0.263. The Labute approximate surface area is 126 Å². The Bertz CT molecular complexity index is 585.